The third-order valence-electron chi connectivity index (χ3n) is 3.91. The van der Waals surface area contributed by atoms with Gasteiger partial charge in [-0.25, -0.2) is 0 Å². The summed E-state index contributed by atoms with van der Waals surface area (Å²) in [6.07, 6.45) is -0.512. The van der Waals surface area contributed by atoms with Crippen LogP contribution in [0.2, 0.25) is 0 Å². The van der Waals surface area contributed by atoms with E-state index in [0.29, 0.717) is 28.4 Å². The number of carbonyl (C=O) groups excluding carboxylic acids is 2. The number of anilines is 2. The van der Waals surface area contributed by atoms with Gasteiger partial charge in [0.25, 0.3) is 11.8 Å². The van der Waals surface area contributed by atoms with Gasteiger partial charge in [-0.1, -0.05) is 0 Å². The van der Waals surface area contributed by atoms with E-state index in [1.54, 1.807) is 63.5 Å². The van der Waals surface area contributed by atoms with Gasteiger partial charge in [-0.05, 0) is 49.4 Å². The Labute approximate surface area is 140 Å². The summed E-state index contributed by atoms with van der Waals surface area (Å²) in [5.41, 5.74) is 1.74. The summed E-state index contributed by atoms with van der Waals surface area (Å²) < 4.78 is 10.6. The fourth-order valence-electron chi connectivity index (χ4n) is 2.53. The molecule has 1 N–H and O–H groups in total. The van der Waals surface area contributed by atoms with Crippen molar-refractivity contribution in [3.63, 3.8) is 0 Å². The molecule has 0 aromatic heterocycles. The van der Waals surface area contributed by atoms with Crippen molar-refractivity contribution in [2.45, 2.75) is 13.0 Å². The first-order valence-electron chi connectivity index (χ1n) is 7.53. The molecule has 1 aliphatic rings. The average molecular weight is 326 g/mol. The molecule has 1 aliphatic heterocycles. The highest BCUT2D eigenvalue weighted by Crippen LogP contribution is 2.35. The van der Waals surface area contributed by atoms with Crippen LogP contribution in [0.3, 0.4) is 0 Å². The van der Waals surface area contributed by atoms with E-state index in [9.17, 15) is 9.59 Å². The summed E-state index contributed by atoms with van der Waals surface area (Å²) in [5, 5.41) is 2.82. The van der Waals surface area contributed by atoms with Crippen molar-refractivity contribution in [3.05, 3.63) is 48.0 Å². The highest BCUT2D eigenvalue weighted by molar-refractivity contribution is 6.05. The van der Waals surface area contributed by atoms with Gasteiger partial charge in [0.15, 0.2) is 6.10 Å². The molecule has 0 unspecified atom stereocenters. The summed E-state index contributed by atoms with van der Waals surface area (Å²) in [7, 11) is 3.26. The highest BCUT2D eigenvalue weighted by atomic mass is 16.5. The molecule has 0 saturated heterocycles. The Morgan fingerprint density at radius 2 is 1.92 bits per heavy atom. The Morgan fingerprint density at radius 3 is 2.58 bits per heavy atom. The van der Waals surface area contributed by atoms with Gasteiger partial charge in [0.2, 0.25) is 0 Å². The molecular weight excluding hydrogens is 308 g/mol. The smallest absolute Gasteiger partial charge is 0.267 e. The van der Waals surface area contributed by atoms with E-state index in [0.717, 1.165) is 0 Å². The van der Waals surface area contributed by atoms with Crippen molar-refractivity contribution in [3.8, 4) is 11.5 Å². The number of benzene rings is 2. The van der Waals surface area contributed by atoms with E-state index < -0.39 is 6.10 Å². The zero-order valence-corrected chi connectivity index (χ0v) is 13.7. The molecular formula is C18H18N2O4. The second-order valence-corrected chi connectivity index (χ2v) is 5.52. The maximum Gasteiger partial charge on any atom is 0.267 e. The van der Waals surface area contributed by atoms with Gasteiger partial charge >= 0.3 is 0 Å². The lowest BCUT2D eigenvalue weighted by Gasteiger charge is -2.30. The summed E-state index contributed by atoms with van der Waals surface area (Å²) in [6.45, 7) is 1.71. The standard InChI is InChI=1S/C18H18N2O4/c1-11-18(22)20(2)15-10-13(6-9-16(15)24-11)19-17(21)12-4-7-14(23-3)8-5-12/h4-11H,1-3H3,(H,19,21)/t11-/m1/s1. The van der Waals surface area contributed by atoms with Gasteiger partial charge < -0.3 is 19.7 Å². The molecule has 0 bridgehead atoms. The molecule has 24 heavy (non-hydrogen) atoms. The quantitative estimate of drug-likeness (QED) is 0.941. The topological polar surface area (TPSA) is 67.9 Å². The van der Waals surface area contributed by atoms with E-state index in [4.69, 9.17) is 9.47 Å². The number of carbonyl (C=O) groups is 2. The number of likely N-dealkylation sites (N-methyl/N-ethyl adjacent to an activating group) is 1. The molecule has 0 radical (unpaired) electrons. The largest absolute Gasteiger partial charge is 0.497 e. The molecule has 0 spiro atoms. The third kappa shape index (κ3) is 2.90. The number of nitrogens with one attached hydrogen (secondary N) is 1. The van der Waals surface area contributed by atoms with Gasteiger partial charge in [-0.15, -0.1) is 0 Å². The Morgan fingerprint density at radius 1 is 1.21 bits per heavy atom. The van der Waals surface area contributed by atoms with Gasteiger partial charge in [-0.3, -0.25) is 9.59 Å². The lowest BCUT2D eigenvalue weighted by Crippen LogP contribution is -2.41. The van der Waals surface area contributed by atoms with E-state index >= 15 is 0 Å². The minimum absolute atomic E-state index is 0.124. The zero-order chi connectivity index (χ0) is 17.3. The first kappa shape index (κ1) is 15.9. The van der Waals surface area contributed by atoms with Crippen LogP contribution in [0.25, 0.3) is 0 Å². The summed E-state index contributed by atoms with van der Waals surface area (Å²) in [5.74, 6) is 0.941. The van der Waals surface area contributed by atoms with Gasteiger partial charge in [0.1, 0.15) is 11.5 Å². The molecule has 2 aromatic carbocycles. The highest BCUT2D eigenvalue weighted by Gasteiger charge is 2.29. The lowest BCUT2D eigenvalue weighted by atomic mass is 10.1. The van der Waals surface area contributed by atoms with E-state index in [-0.39, 0.29) is 11.8 Å². The summed E-state index contributed by atoms with van der Waals surface area (Å²) >= 11 is 0. The molecule has 124 valence electrons. The monoisotopic (exact) mass is 326 g/mol. The number of amides is 2. The van der Waals surface area contributed by atoms with Crippen molar-refractivity contribution in [2.24, 2.45) is 0 Å². The van der Waals surface area contributed by atoms with Crippen LogP contribution in [0.15, 0.2) is 42.5 Å². The van der Waals surface area contributed by atoms with Crippen LogP contribution in [-0.2, 0) is 4.79 Å². The number of nitrogens with zero attached hydrogens (tertiary/aromatic N) is 1. The van der Waals surface area contributed by atoms with E-state index in [1.807, 2.05) is 0 Å². The predicted octanol–water partition coefficient (Wildman–Crippen LogP) is 2.69. The Hall–Kier alpha value is -3.02. The Kier molecular flexibility index (Phi) is 4.12. The third-order valence-corrected chi connectivity index (χ3v) is 3.91. The first-order valence-corrected chi connectivity index (χ1v) is 7.53. The van der Waals surface area contributed by atoms with Crippen LogP contribution in [0.5, 0.6) is 11.5 Å². The zero-order valence-electron chi connectivity index (χ0n) is 13.7. The fourth-order valence-corrected chi connectivity index (χ4v) is 2.53. The Bertz CT molecular complexity index is 786. The average Bonchev–Trinajstić information content (AvgIpc) is 2.60. The Balaban J connectivity index is 1.81. The summed E-state index contributed by atoms with van der Waals surface area (Å²) in [6, 6.07) is 12.0. The maximum absolute atomic E-state index is 12.3. The minimum atomic E-state index is -0.512. The molecule has 3 rings (SSSR count). The molecule has 6 heteroatoms. The second-order valence-electron chi connectivity index (χ2n) is 5.52. The van der Waals surface area contributed by atoms with Gasteiger partial charge in [0, 0.05) is 18.3 Å². The molecule has 6 nitrogen and oxygen atoms in total. The lowest BCUT2D eigenvalue weighted by molar-refractivity contribution is -0.125. The van der Waals surface area contributed by atoms with Crippen molar-refractivity contribution in [1.82, 2.24) is 0 Å². The normalized spacial score (nSPS) is 16.2. The fraction of sp³-hybridized carbons (Fsp3) is 0.222. The maximum atomic E-state index is 12.3. The van der Waals surface area contributed by atoms with Crippen LogP contribution >= 0.6 is 0 Å². The van der Waals surface area contributed by atoms with Crippen molar-refractivity contribution >= 4 is 23.2 Å². The van der Waals surface area contributed by atoms with Gasteiger partial charge in [-0.2, -0.15) is 0 Å². The minimum Gasteiger partial charge on any atom is -0.497 e. The number of methoxy groups -OCH3 is 1. The number of rotatable bonds is 3. The molecule has 1 heterocycles. The molecule has 0 aliphatic carbocycles. The predicted molar refractivity (Wildman–Crippen MR) is 90.9 cm³/mol. The van der Waals surface area contributed by atoms with E-state index in [2.05, 4.69) is 5.32 Å². The molecule has 0 saturated carbocycles. The van der Waals surface area contributed by atoms with Crippen LogP contribution < -0.4 is 19.7 Å². The number of hydrogen-bond donors (Lipinski definition) is 1. The first-order chi connectivity index (χ1) is 11.5. The molecule has 0 fully saturated rings. The SMILES string of the molecule is COc1ccc(C(=O)Nc2ccc3c(c2)N(C)C(=O)[C@@H](C)O3)cc1. The van der Waals surface area contributed by atoms with Crippen LogP contribution in [0.4, 0.5) is 11.4 Å². The van der Waals surface area contributed by atoms with Crippen molar-refractivity contribution in [2.75, 3.05) is 24.4 Å². The second kappa shape index (κ2) is 6.23. The molecule has 2 amide bonds. The van der Waals surface area contributed by atoms with Crippen LogP contribution in [0, 0.1) is 0 Å². The van der Waals surface area contributed by atoms with Crippen LogP contribution in [-0.4, -0.2) is 32.1 Å². The number of fused-ring (bicyclic) bond motifs is 1. The molecule has 2 aromatic rings. The number of ether oxygens (including phenoxy) is 2. The molecule has 1 atom stereocenters. The number of hydrogen-bond acceptors (Lipinski definition) is 4. The van der Waals surface area contributed by atoms with Gasteiger partial charge in [0.05, 0.1) is 12.8 Å². The van der Waals surface area contributed by atoms with Crippen molar-refractivity contribution < 1.29 is 19.1 Å². The van der Waals surface area contributed by atoms with E-state index in [1.165, 1.54) is 4.90 Å². The van der Waals surface area contributed by atoms with Crippen LogP contribution in [0.1, 0.15) is 17.3 Å². The van der Waals surface area contributed by atoms with Crippen molar-refractivity contribution in [1.29, 1.82) is 0 Å². The summed E-state index contributed by atoms with van der Waals surface area (Å²) in [4.78, 5) is 25.9.